The molecule has 15 heavy (non-hydrogen) atoms. The van der Waals surface area contributed by atoms with Crippen LogP contribution in [0.3, 0.4) is 0 Å². The Hall–Kier alpha value is -0.630. The third-order valence-electron chi connectivity index (χ3n) is 3.12. The van der Waals surface area contributed by atoms with Crippen LogP contribution in [0.1, 0.15) is 52.4 Å². The topological polar surface area (TPSA) is 26.3 Å². The molecular weight excluding hydrogens is 188 g/mol. The highest BCUT2D eigenvalue weighted by Crippen LogP contribution is 2.35. The van der Waals surface area contributed by atoms with Crippen LogP contribution < -0.4 is 0 Å². The van der Waals surface area contributed by atoms with Crippen LogP contribution in [0.4, 0.5) is 0 Å². The standard InChI is InChI=1S/C13H22O2/c1-4-15-13(9-5-6-10-13)12(14)8-7-11(2)3/h2,4-10H2,1,3H3. The van der Waals surface area contributed by atoms with Crippen molar-refractivity contribution in [1.29, 1.82) is 0 Å². The van der Waals surface area contributed by atoms with E-state index in [-0.39, 0.29) is 5.78 Å². The number of rotatable bonds is 6. The van der Waals surface area contributed by atoms with Crippen molar-refractivity contribution in [3.8, 4) is 0 Å². The maximum absolute atomic E-state index is 12.1. The molecule has 0 bridgehead atoms. The van der Waals surface area contributed by atoms with E-state index >= 15 is 0 Å². The lowest BCUT2D eigenvalue weighted by molar-refractivity contribution is -0.143. The molecule has 0 saturated heterocycles. The SMILES string of the molecule is C=C(C)CCC(=O)C1(OCC)CCCC1. The van der Waals surface area contributed by atoms with Gasteiger partial charge in [0, 0.05) is 13.0 Å². The Balaban J connectivity index is 2.55. The molecule has 1 aliphatic carbocycles. The molecule has 0 aliphatic heterocycles. The Morgan fingerprint density at radius 2 is 1.93 bits per heavy atom. The second kappa shape index (κ2) is 5.45. The van der Waals surface area contributed by atoms with Crippen molar-refractivity contribution in [3.05, 3.63) is 12.2 Å². The highest BCUT2D eigenvalue weighted by atomic mass is 16.5. The van der Waals surface area contributed by atoms with Gasteiger partial charge in [0.1, 0.15) is 5.60 Å². The Bertz CT molecular complexity index is 237. The number of Topliss-reactive ketones (excluding diaryl/α,β-unsaturated/α-hetero) is 1. The van der Waals surface area contributed by atoms with Crippen molar-refractivity contribution in [2.45, 2.75) is 58.0 Å². The minimum atomic E-state index is -0.440. The van der Waals surface area contributed by atoms with Crippen molar-refractivity contribution < 1.29 is 9.53 Å². The molecule has 1 rings (SSSR count). The summed E-state index contributed by atoms with van der Waals surface area (Å²) in [7, 11) is 0. The number of ether oxygens (including phenoxy) is 1. The number of hydrogen-bond acceptors (Lipinski definition) is 2. The van der Waals surface area contributed by atoms with E-state index in [1.54, 1.807) is 0 Å². The summed E-state index contributed by atoms with van der Waals surface area (Å²) in [5.41, 5.74) is 0.637. The third-order valence-corrected chi connectivity index (χ3v) is 3.12. The zero-order valence-electron chi connectivity index (χ0n) is 9.97. The molecule has 86 valence electrons. The first kappa shape index (κ1) is 12.4. The Labute approximate surface area is 92.7 Å². The number of carbonyl (C=O) groups excluding carboxylic acids is 1. The van der Waals surface area contributed by atoms with Gasteiger partial charge in [0.05, 0.1) is 0 Å². The van der Waals surface area contributed by atoms with Gasteiger partial charge in [-0.05, 0) is 46.0 Å². The minimum absolute atomic E-state index is 0.282. The first-order valence-corrected chi connectivity index (χ1v) is 5.92. The van der Waals surface area contributed by atoms with E-state index in [0.717, 1.165) is 37.7 Å². The Kier molecular flexibility index (Phi) is 4.52. The normalized spacial score (nSPS) is 19.1. The van der Waals surface area contributed by atoms with Crippen LogP contribution in [0.25, 0.3) is 0 Å². The maximum atomic E-state index is 12.1. The van der Waals surface area contributed by atoms with Gasteiger partial charge >= 0.3 is 0 Å². The summed E-state index contributed by atoms with van der Waals surface area (Å²) in [6.45, 7) is 8.40. The molecule has 0 heterocycles. The summed E-state index contributed by atoms with van der Waals surface area (Å²) in [6, 6.07) is 0. The Morgan fingerprint density at radius 3 is 2.40 bits per heavy atom. The molecule has 2 nitrogen and oxygen atoms in total. The molecule has 0 aromatic heterocycles. The average Bonchev–Trinajstić information content (AvgIpc) is 2.64. The first-order valence-electron chi connectivity index (χ1n) is 5.92. The number of hydrogen-bond donors (Lipinski definition) is 0. The van der Waals surface area contributed by atoms with Crippen molar-refractivity contribution in [2.24, 2.45) is 0 Å². The number of carbonyl (C=O) groups is 1. The fourth-order valence-corrected chi connectivity index (χ4v) is 2.28. The lowest BCUT2D eigenvalue weighted by Crippen LogP contribution is -2.38. The van der Waals surface area contributed by atoms with E-state index < -0.39 is 5.60 Å². The summed E-state index contributed by atoms with van der Waals surface area (Å²) >= 11 is 0. The van der Waals surface area contributed by atoms with Crippen LogP contribution >= 0.6 is 0 Å². The molecule has 2 heteroatoms. The van der Waals surface area contributed by atoms with Crippen molar-refractivity contribution in [2.75, 3.05) is 6.61 Å². The van der Waals surface area contributed by atoms with E-state index in [1.165, 1.54) is 0 Å². The summed E-state index contributed by atoms with van der Waals surface area (Å²) < 4.78 is 5.71. The molecule has 0 atom stereocenters. The van der Waals surface area contributed by atoms with Gasteiger partial charge in [-0.2, -0.15) is 0 Å². The lowest BCUT2D eigenvalue weighted by Gasteiger charge is -2.27. The minimum Gasteiger partial charge on any atom is -0.368 e. The summed E-state index contributed by atoms with van der Waals surface area (Å²) in [6.07, 6.45) is 5.46. The molecule has 0 N–H and O–H groups in total. The van der Waals surface area contributed by atoms with Crippen LogP contribution in [-0.4, -0.2) is 18.0 Å². The predicted octanol–water partition coefficient (Wildman–Crippen LogP) is 3.26. The summed E-state index contributed by atoms with van der Waals surface area (Å²) in [4.78, 5) is 12.1. The fraction of sp³-hybridized carbons (Fsp3) is 0.769. The van der Waals surface area contributed by atoms with E-state index in [9.17, 15) is 4.79 Å². The van der Waals surface area contributed by atoms with Gasteiger partial charge in [0.15, 0.2) is 5.78 Å². The van der Waals surface area contributed by atoms with Crippen LogP contribution in [-0.2, 0) is 9.53 Å². The molecule has 0 unspecified atom stereocenters. The zero-order chi connectivity index (χ0) is 11.3. The second-order valence-electron chi connectivity index (χ2n) is 4.51. The molecule has 0 amide bonds. The van der Waals surface area contributed by atoms with Crippen LogP contribution in [0.15, 0.2) is 12.2 Å². The fourth-order valence-electron chi connectivity index (χ4n) is 2.28. The van der Waals surface area contributed by atoms with Crippen LogP contribution in [0.5, 0.6) is 0 Å². The molecule has 0 spiro atoms. The van der Waals surface area contributed by atoms with Gasteiger partial charge in [0.2, 0.25) is 0 Å². The summed E-state index contributed by atoms with van der Waals surface area (Å²) in [5, 5.41) is 0. The highest BCUT2D eigenvalue weighted by Gasteiger charge is 2.40. The molecular formula is C13H22O2. The van der Waals surface area contributed by atoms with Gasteiger partial charge in [0.25, 0.3) is 0 Å². The van der Waals surface area contributed by atoms with E-state index in [2.05, 4.69) is 6.58 Å². The molecule has 0 aromatic rings. The number of allylic oxidation sites excluding steroid dienone is 1. The zero-order valence-corrected chi connectivity index (χ0v) is 9.97. The Morgan fingerprint density at radius 1 is 1.33 bits per heavy atom. The lowest BCUT2D eigenvalue weighted by atomic mass is 9.92. The highest BCUT2D eigenvalue weighted by molar-refractivity contribution is 5.87. The third kappa shape index (κ3) is 3.16. The van der Waals surface area contributed by atoms with Crippen LogP contribution in [0, 0.1) is 0 Å². The van der Waals surface area contributed by atoms with Gasteiger partial charge < -0.3 is 4.74 Å². The van der Waals surface area contributed by atoms with Gasteiger partial charge in [-0.1, -0.05) is 5.57 Å². The van der Waals surface area contributed by atoms with E-state index in [1.807, 2.05) is 13.8 Å². The van der Waals surface area contributed by atoms with Crippen molar-refractivity contribution >= 4 is 5.78 Å². The monoisotopic (exact) mass is 210 g/mol. The van der Waals surface area contributed by atoms with E-state index in [4.69, 9.17) is 4.74 Å². The second-order valence-corrected chi connectivity index (χ2v) is 4.51. The van der Waals surface area contributed by atoms with Crippen LogP contribution in [0.2, 0.25) is 0 Å². The average molecular weight is 210 g/mol. The van der Waals surface area contributed by atoms with Crippen molar-refractivity contribution in [3.63, 3.8) is 0 Å². The van der Waals surface area contributed by atoms with E-state index in [0.29, 0.717) is 13.0 Å². The molecule has 0 aromatic carbocycles. The van der Waals surface area contributed by atoms with Gasteiger partial charge in [-0.25, -0.2) is 0 Å². The molecule has 0 radical (unpaired) electrons. The summed E-state index contributed by atoms with van der Waals surface area (Å²) in [5.74, 6) is 0.282. The predicted molar refractivity (Wildman–Crippen MR) is 61.9 cm³/mol. The molecule has 1 aliphatic rings. The molecule has 1 fully saturated rings. The van der Waals surface area contributed by atoms with Crippen molar-refractivity contribution in [1.82, 2.24) is 0 Å². The largest absolute Gasteiger partial charge is 0.368 e. The van der Waals surface area contributed by atoms with Gasteiger partial charge in [-0.3, -0.25) is 4.79 Å². The first-order chi connectivity index (χ1) is 7.10. The molecule has 1 saturated carbocycles. The van der Waals surface area contributed by atoms with Gasteiger partial charge in [-0.15, -0.1) is 6.58 Å². The maximum Gasteiger partial charge on any atom is 0.164 e. The number of ketones is 1. The smallest absolute Gasteiger partial charge is 0.164 e. The quantitative estimate of drug-likeness (QED) is 0.629.